The van der Waals surface area contributed by atoms with E-state index in [0.29, 0.717) is 0 Å². The Kier molecular flexibility index (Phi) is 6.34. The molecular formula is C13H27N2P. The van der Waals surface area contributed by atoms with Gasteiger partial charge in [-0.05, 0) is 30.8 Å². The van der Waals surface area contributed by atoms with E-state index in [9.17, 15) is 0 Å². The molecule has 0 aliphatic carbocycles. The lowest BCUT2D eigenvalue weighted by molar-refractivity contribution is 0.360. The Balaban J connectivity index is 2.48. The summed E-state index contributed by atoms with van der Waals surface area (Å²) in [7, 11) is 2.84. The normalized spacial score (nSPS) is 23.9. The Morgan fingerprint density at radius 2 is 2.31 bits per heavy atom. The number of aliphatic imine (C=N–C) groups is 1. The van der Waals surface area contributed by atoms with Crippen molar-refractivity contribution in [3.8, 4) is 0 Å². The quantitative estimate of drug-likeness (QED) is 0.677. The molecule has 1 rings (SSSR count). The summed E-state index contributed by atoms with van der Waals surface area (Å²) >= 11 is 0. The van der Waals surface area contributed by atoms with Crippen LogP contribution in [-0.2, 0) is 0 Å². The van der Waals surface area contributed by atoms with Gasteiger partial charge in [0.1, 0.15) is 0 Å². The molecule has 94 valence electrons. The lowest BCUT2D eigenvalue weighted by Crippen LogP contribution is -2.32. The fourth-order valence-electron chi connectivity index (χ4n) is 2.03. The fourth-order valence-corrected chi connectivity index (χ4v) is 2.26. The first-order chi connectivity index (χ1) is 7.67. The Morgan fingerprint density at radius 1 is 1.56 bits per heavy atom. The van der Waals surface area contributed by atoms with Crippen LogP contribution < -0.4 is 0 Å². The molecule has 2 nitrogen and oxygen atoms in total. The maximum absolute atomic E-state index is 4.75. The second-order valence-electron chi connectivity index (χ2n) is 5.12. The third kappa shape index (κ3) is 4.41. The molecule has 0 saturated heterocycles. The van der Waals surface area contributed by atoms with Crippen molar-refractivity contribution in [2.75, 3.05) is 25.8 Å². The number of rotatable bonds is 5. The van der Waals surface area contributed by atoms with Crippen LogP contribution in [0.25, 0.3) is 0 Å². The summed E-state index contributed by atoms with van der Waals surface area (Å²) in [6.07, 6.45) is 4.88. The van der Waals surface area contributed by atoms with Crippen LogP contribution in [0.1, 0.15) is 40.0 Å². The first-order valence-corrected chi connectivity index (χ1v) is 7.47. The molecule has 0 aromatic rings. The smallest absolute Gasteiger partial charge is 0.0986 e. The molecule has 0 N–H and O–H groups in total. The molecule has 0 aromatic heterocycles. The topological polar surface area (TPSA) is 15.6 Å². The maximum atomic E-state index is 4.75. The van der Waals surface area contributed by atoms with Crippen LogP contribution in [0.15, 0.2) is 4.99 Å². The summed E-state index contributed by atoms with van der Waals surface area (Å²) in [5.74, 6) is 2.90. The first-order valence-electron chi connectivity index (χ1n) is 6.65. The highest BCUT2D eigenvalue weighted by molar-refractivity contribution is 7.16. The van der Waals surface area contributed by atoms with E-state index in [-0.39, 0.29) is 0 Å². The van der Waals surface area contributed by atoms with Crippen LogP contribution in [0.2, 0.25) is 0 Å². The van der Waals surface area contributed by atoms with Crippen LogP contribution in [0.3, 0.4) is 0 Å². The van der Waals surface area contributed by atoms with Crippen molar-refractivity contribution in [2.24, 2.45) is 16.8 Å². The fraction of sp³-hybridized carbons (Fsp3) is 0.923. The highest BCUT2D eigenvalue weighted by Gasteiger charge is 2.16. The summed E-state index contributed by atoms with van der Waals surface area (Å²) in [5, 5.41) is 0. The van der Waals surface area contributed by atoms with Crippen molar-refractivity contribution in [3.63, 3.8) is 0 Å². The lowest BCUT2D eigenvalue weighted by Gasteiger charge is -2.25. The molecule has 0 amide bonds. The van der Waals surface area contributed by atoms with E-state index >= 15 is 0 Å². The van der Waals surface area contributed by atoms with Crippen LogP contribution >= 0.6 is 9.24 Å². The Labute approximate surface area is 103 Å². The molecular weight excluding hydrogens is 215 g/mol. The van der Waals surface area contributed by atoms with Crippen LogP contribution in [0.5, 0.6) is 0 Å². The standard InChI is InChI=1S/C13H27N2P/c1-4-13-14-9-11(2)5-7-15(13)8-6-12(3)10-16/h11-12H,4-10,16H2,1-3H3. The largest absolute Gasteiger partial charge is 0.360 e. The minimum absolute atomic E-state index is 0.755. The summed E-state index contributed by atoms with van der Waals surface area (Å²) in [6, 6.07) is 0. The zero-order chi connectivity index (χ0) is 12.0. The predicted octanol–water partition coefficient (Wildman–Crippen LogP) is 3.04. The van der Waals surface area contributed by atoms with Gasteiger partial charge in [-0.1, -0.05) is 20.8 Å². The highest BCUT2D eigenvalue weighted by atomic mass is 31.0. The molecule has 0 aromatic carbocycles. The zero-order valence-corrected chi connectivity index (χ0v) is 12.2. The summed E-state index contributed by atoms with van der Waals surface area (Å²) in [6.45, 7) is 10.3. The molecule has 1 heterocycles. The van der Waals surface area contributed by atoms with Crippen molar-refractivity contribution < 1.29 is 0 Å². The van der Waals surface area contributed by atoms with Crippen LogP contribution in [0.4, 0.5) is 0 Å². The number of hydrogen-bond acceptors (Lipinski definition) is 2. The van der Waals surface area contributed by atoms with Crippen LogP contribution in [-0.4, -0.2) is 36.5 Å². The molecule has 1 aliphatic heterocycles. The van der Waals surface area contributed by atoms with E-state index in [1.807, 2.05) is 0 Å². The van der Waals surface area contributed by atoms with Gasteiger partial charge in [-0.3, -0.25) is 4.99 Å². The zero-order valence-electron chi connectivity index (χ0n) is 11.1. The van der Waals surface area contributed by atoms with Gasteiger partial charge in [-0.15, -0.1) is 9.24 Å². The number of hydrogen-bond donors (Lipinski definition) is 0. The van der Waals surface area contributed by atoms with Gasteiger partial charge in [0.15, 0.2) is 0 Å². The summed E-state index contributed by atoms with van der Waals surface area (Å²) in [4.78, 5) is 7.26. The Morgan fingerprint density at radius 3 is 2.94 bits per heavy atom. The van der Waals surface area contributed by atoms with E-state index < -0.39 is 0 Å². The van der Waals surface area contributed by atoms with Gasteiger partial charge in [0.2, 0.25) is 0 Å². The minimum atomic E-state index is 0.755. The van der Waals surface area contributed by atoms with Gasteiger partial charge in [-0.25, -0.2) is 0 Å². The number of nitrogens with zero attached hydrogens (tertiary/aromatic N) is 2. The van der Waals surface area contributed by atoms with Gasteiger partial charge < -0.3 is 4.90 Å². The third-order valence-corrected chi connectivity index (χ3v) is 4.26. The average Bonchev–Trinajstić information content (AvgIpc) is 2.48. The van der Waals surface area contributed by atoms with Crippen molar-refractivity contribution in [3.05, 3.63) is 0 Å². The van der Waals surface area contributed by atoms with Gasteiger partial charge in [-0.2, -0.15) is 0 Å². The highest BCUT2D eigenvalue weighted by Crippen LogP contribution is 2.14. The van der Waals surface area contributed by atoms with Gasteiger partial charge in [0.05, 0.1) is 5.84 Å². The van der Waals surface area contributed by atoms with Crippen molar-refractivity contribution in [1.29, 1.82) is 0 Å². The number of amidine groups is 1. The predicted molar refractivity (Wildman–Crippen MR) is 76.3 cm³/mol. The average molecular weight is 242 g/mol. The van der Waals surface area contributed by atoms with E-state index in [0.717, 1.165) is 24.8 Å². The molecule has 1 aliphatic rings. The van der Waals surface area contributed by atoms with Gasteiger partial charge in [0.25, 0.3) is 0 Å². The second kappa shape index (κ2) is 7.27. The monoisotopic (exact) mass is 242 g/mol. The molecule has 0 bridgehead atoms. The van der Waals surface area contributed by atoms with E-state index in [1.165, 1.54) is 37.9 Å². The molecule has 3 atom stereocenters. The minimum Gasteiger partial charge on any atom is -0.360 e. The molecule has 0 saturated carbocycles. The SMILES string of the molecule is CCC1=NCC(C)CCN1CCC(C)CP. The van der Waals surface area contributed by atoms with Gasteiger partial charge >= 0.3 is 0 Å². The van der Waals surface area contributed by atoms with Gasteiger partial charge in [0, 0.05) is 26.1 Å². The maximum Gasteiger partial charge on any atom is 0.0986 e. The van der Waals surface area contributed by atoms with Crippen molar-refractivity contribution >= 4 is 15.1 Å². The third-order valence-electron chi connectivity index (χ3n) is 3.45. The van der Waals surface area contributed by atoms with Crippen LogP contribution in [0, 0.1) is 11.8 Å². The van der Waals surface area contributed by atoms with Crippen molar-refractivity contribution in [2.45, 2.75) is 40.0 Å². The Bertz CT molecular complexity index is 228. The molecule has 0 fully saturated rings. The first kappa shape index (κ1) is 14.0. The molecule has 0 spiro atoms. The second-order valence-corrected chi connectivity index (χ2v) is 5.59. The summed E-state index contributed by atoms with van der Waals surface area (Å²) in [5.41, 5.74) is 0. The van der Waals surface area contributed by atoms with E-state index in [2.05, 4.69) is 34.9 Å². The molecule has 0 radical (unpaired) electrons. The molecule has 3 unspecified atom stereocenters. The van der Waals surface area contributed by atoms with E-state index in [4.69, 9.17) is 4.99 Å². The lowest BCUT2D eigenvalue weighted by atomic mass is 10.1. The molecule has 16 heavy (non-hydrogen) atoms. The van der Waals surface area contributed by atoms with Crippen molar-refractivity contribution in [1.82, 2.24) is 4.90 Å². The summed E-state index contributed by atoms with van der Waals surface area (Å²) < 4.78 is 0. The van der Waals surface area contributed by atoms with E-state index in [1.54, 1.807) is 0 Å². The molecule has 3 heteroatoms. The Hall–Kier alpha value is -0.100.